The van der Waals surface area contributed by atoms with Crippen LogP contribution in [0.1, 0.15) is 57.1 Å². The standard InChI is InChI=1S/C33H43Cl3N4O3/c1-4-39(32(42)21-25-7-9-29(34)31(36)20-25)27-12-16-37(17-13-27)14-5-15-40(28-8-6-23(2)30(35)22-28)33(43)26-10-18-38(19-11-26)24(3)41/h6-9,20,22,26-27H,4-5,10-19,21H2,1-3H3. The second-order valence-corrected chi connectivity index (χ2v) is 13.0. The van der Waals surface area contributed by atoms with Crippen molar-refractivity contribution in [2.75, 3.05) is 50.7 Å². The second kappa shape index (κ2) is 15.6. The smallest absolute Gasteiger partial charge is 0.230 e. The molecule has 4 rings (SSSR count). The Labute approximate surface area is 271 Å². The van der Waals surface area contributed by atoms with Crippen molar-refractivity contribution in [3.8, 4) is 0 Å². The van der Waals surface area contributed by atoms with E-state index in [-0.39, 0.29) is 29.7 Å². The zero-order valence-corrected chi connectivity index (χ0v) is 27.7. The fourth-order valence-electron chi connectivity index (χ4n) is 6.25. The summed E-state index contributed by atoms with van der Waals surface area (Å²) in [5.74, 6) is 0.183. The molecule has 3 amide bonds. The van der Waals surface area contributed by atoms with E-state index < -0.39 is 0 Å². The number of amides is 3. The number of likely N-dealkylation sites (N-methyl/N-ethyl adjacent to an activating group) is 1. The van der Waals surface area contributed by atoms with Crippen LogP contribution in [0.15, 0.2) is 36.4 Å². The van der Waals surface area contributed by atoms with Gasteiger partial charge in [-0.05, 0) is 87.9 Å². The molecule has 0 N–H and O–H groups in total. The van der Waals surface area contributed by atoms with E-state index in [1.54, 1.807) is 19.1 Å². The molecular formula is C33H43Cl3N4O3. The first-order valence-electron chi connectivity index (χ1n) is 15.4. The molecule has 0 unspecified atom stereocenters. The maximum absolute atomic E-state index is 13.7. The van der Waals surface area contributed by atoms with E-state index in [9.17, 15) is 14.4 Å². The van der Waals surface area contributed by atoms with Crippen molar-refractivity contribution in [1.29, 1.82) is 0 Å². The molecule has 7 nitrogen and oxygen atoms in total. The number of carbonyl (C=O) groups excluding carboxylic acids is 3. The Morgan fingerprint density at radius 1 is 0.884 bits per heavy atom. The highest BCUT2D eigenvalue weighted by Crippen LogP contribution is 2.28. The van der Waals surface area contributed by atoms with E-state index in [0.29, 0.717) is 60.5 Å². The van der Waals surface area contributed by atoms with Crippen molar-refractivity contribution in [1.82, 2.24) is 14.7 Å². The average molecular weight is 650 g/mol. The van der Waals surface area contributed by atoms with Crippen LogP contribution >= 0.6 is 34.8 Å². The lowest BCUT2D eigenvalue weighted by Crippen LogP contribution is -2.48. The van der Waals surface area contributed by atoms with E-state index >= 15 is 0 Å². The zero-order chi connectivity index (χ0) is 31.1. The van der Waals surface area contributed by atoms with Crippen LogP contribution in [0, 0.1) is 12.8 Å². The molecule has 43 heavy (non-hydrogen) atoms. The Balaban J connectivity index is 1.31. The van der Waals surface area contributed by atoms with Crippen LogP contribution in [0.2, 0.25) is 15.1 Å². The molecule has 2 fully saturated rings. The Bertz CT molecular complexity index is 1290. The monoisotopic (exact) mass is 648 g/mol. The third kappa shape index (κ3) is 8.87. The van der Waals surface area contributed by atoms with Gasteiger partial charge in [0, 0.05) is 68.9 Å². The fraction of sp³-hybridized carbons (Fsp3) is 0.545. The summed E-state index contributed by atoms with van der Waals surface area (Å²) >= 11 is 18.6. The first-order valence-corrected chi connectivity index (χ1v) is 16.5. The number of hydrogen-bond donors (Lipinski definition) is 0. The van der Waals surface area contributed by atoms with Crippen LogP contribution in [-0.4, -0.2) is 84.3 Å². The Hall–Kier alpha value is -2.32. The number of benzene rings is 2. The van der Waals surface area contributed by atoms with Crippen molar-refractivity contribution in [3.63, 3.8) is 0 Å². The summed E-state index contributed by atoms with van der Waals surface area (Å²) in [6, 6.07) is 11.4. The van der Waals surface area contributed by atoms with Crippen LogP contribution < -0.4 is 4.90 Å². The predicted molar refractivity (Wildman–Crippen MR) is 175 cm³/mol. The Morgan fingerprint density at radius 2 is 1.58 bits per heavy atom. The van der Waals surface area contributed by atoms with Gasteiger partial charge < -0.3 is 19.6 Å². The lowest BCUT2D eigenvalue weighted by molar-refractivity contribution is -0.133. The Kier molecular flexibility index (Phi) is 12.2. The molecule has 0 saturated carbocycles. The molecule has 0 atom stereocenters. The summed E-state index contributed by atoms with van der Waals surface area (Å²) in [5, 5.41) is 1.60. The van der Waals surface area contributed by atoms with Crippen LogP contribution in [0.25, 0.3) is 0 Å². The molecule has 0 aromatic heterocycles. The molecule has 2 aliphatic heterocycles. The van der Waals surface area contributed by atoms with E-state index in [1.807, 2.05) is 52.8 Å². The summed E-state index contributed by atoms with van der Waals surface area (Å²) in [7, 11) is 0. The number of nitrogens with zero attached hydrogens (tertiary/aromatic N) is 4. The number of rotatable bonds is 10. The maximum atomic E-state index is 13.7. The maximum Gasteiger partial charge on any atom is 0.230 e. The van der Waals surface area contributed by atoms with Gasteiger partial charge in [0.15, 0.2) is 0 Å². The number of hydrogen-bond acceptors (Lipinski definition) is 4. The summed E-state index contributed by atoms with van der Waals surface area (Å²) in [6.45, 7) is 10.8. The summed E-state index contributed by atoms with van der Waals surface area (Å²) in [6.07, 6.45) is 4.35. The molecule has 2 aliphatic rings. The number of halogens is 3. The number of anilines is 1. The summed E-state index contributed by atoms with van der Waals surface area (Å²) < 4.78 is 0. The normalized spacial score (nSPS) is 16.7. The second-order valence-electron chi connectivity index (χ2n) is 11.7. The van der Waals surface area contributed by atoms with E-state index in [2.05, 4.69) is 4.90 Å². The van der Waals surface area contributed by atoms with Crippen LogP contribution in [0.4, 0.5) is 5.69 Å². The minimum Gasteiger partial charge on any atom is -0.343 e. The van der Waals surface area contributed by atoms with Gasteiger partial charge in [0.2, 0.25) is 17.7 Å². The van der Waals surface area contributed by atoms with E-state index in [1.165, 1.54) is 0 Å². The first-order chi connectivity index (χ1) is 20.6. The van der Waals surface area contributed by atoms with Gasteiger partial charge in [-0.15, -0.1) is 0 Å². The predicted octanol–water partition coefficient (Wildman–Crippen LogP) is 6.49. The molecule has 2 saturated heterocycles. The fourth-order valence-corrected chi connectivity index (χ4v) is 6.74. The van der Waals surface area contributed by atoms with Crippen molar-refractivity contribution >= 4 is 58.2 Å². The van der Waals surface area contributed by atoms with E-state index in [0.717, 1.165) is 55.7 Å². The van der Waals surface area contributed by atoms with Crippen LogP contribution in [0.3, 0.4) is 0 Å². The number of carbonyl (C=O) groups is 3. The Morgan fingerprint density at radius 3 is 2.19 bits per heavy atom. The lowest BCUT2D eigenvalue weighted by atomic mass is 9.94. The average Bonchev–Trinajstić information content (AvgIpc) is 2.99. The largest absolute Gasteiger partial charge is 0.343 e. The molecule has 2 aromatic rings. The summed E-state index contributed by atoms with van der Waals surface area (Å²) in [4.78, 5) is 46.8. The highest BCUT2D eigenvalue weighted by molar-refractivity contribution is 6.42. The van der Waals surface area contributed by atoms with Gasteiger partial charge in [-0.2, -0.15) is 0 Å². The molecule has 0 spiro atoms. The van der Waals surface area contributed by atoms with Gasteiger partial charge in [-0.1, -0.05) is 46.9 Å². The number of likely N-dealkylation sites (tertiary alicyclic amines) is 2. The third-order valence-corrected chi connectivity index (χ3v) is 10.0. The molecule has 0 aliphatic carbocycles. The molecule has 0 radical (unpaired) electrons. The minimum atomic E-state index is -0.104. The molecule has 2 aromatic carbocycles. The quantitative estimate of drug-likeness (QED) is 0.295. The molecule has 234 valence electrons. The summed E-state index contributed by atoms with van der Waals surface area (Å²) in [5.41, 5.74) is 2.67. The highest BCUT2D eigenvalue weighted by atomic mass is 35.5. The lowest BCUT2D eigenvalue weighted by Gasteiger charge is -2.38. The van der Waals surface area contributed by atoms with Gasteiger partial charge in [0.25, 0.3) is 0 Å². The van der Waals surface area contributed by atoms with Gasteiger partial charge in [0.1, 0.15) is 0 Å². The topological polar surface area (TPSA) is 64.2 Å². The van der Waals surface area contributed by atoms with Gasteiger partial charge in [-0.25, -0.2) is 0 Å². The first kappa shape index (κ1) is 33.6. The van der Waals surface area contributed by atoms with Crippen LogP contribution in [-0.2, 0) is 20.8 Å². The molecule has 10 heteroatoms. The van der Waals surface area contributed by atoms with Gasteiger partial charge >= 0.3 is 0 Å². The SMILES string of the molecule is CCN(C(=O)Cc1ccc(Cl)c(Cl)c1)C1CCN(CCCN(C(=O)C2CCN(C(C)=O)CC2)c2ccc(C)c(Cl)c2)CC1. The van der Waals surface area contributed by atoms with Crippen molar-refractivity contribution < 1.29 is 14.4 Å². The third-order valence-electron chi connectivity index (χ3n) is 8.88. The van der Waals surface area contributed by atoms with Gasteiger partial charge in [-0.3, -0.25) is 14.4 Å². The number of piperidine rings is 2. The van der Waals surface area contributed by atoms with Crippen molar-refractivity contribution in [2.24, 2.45) is 5.92 Å². The molecular weight excluding hydrogens is 607 g/mol. The van der Waals surface area contributed by atoms with Crippen molar-refractivity contribution in [3.05, 3.63) is 62.6 Å². The van der Waals surface area contributed by atoms with Crippen molar-refractivity contribution in [2.45, 2.75) is 65.3 Å². The highest BCUT2D eigenvalue weighted by Gasteiger charge is 2.31. The zero-order valence-electron chi connectivity index (χ0n) is 25.5. The molecule has 0 bridgehead atoms. The number of aryl methyl sites for hydroxylation is 1. The minimum absolute atomic E-state index is 0.0646. The van der Waals surface area contributed by atoms with Crippen LogP contribution in [0.5, 0.6) is 0 Å². The molecule has 2 heterocycles. The van der Waals surface area contributed by atoms with Gasteiger partial charge in [0.05, 0.1) is 16.5 Å². The van der Waals surface area contributed by atoms with E-state index in [4.69, 9.17) is 34.8 Å².